The third-order valence-corrected chi connectivity index (χ3v) is 4.70. The van der Waals surface area contributed by atoms with Crippen LogP contribution < -0.4 is 16.0 Å². The normalized spacial score (nSPS) is 13.1. The van der Waals surface area contributed by atoms with Gasteiger partial charge in [0.15, 0.2) is 0 Å². The van der Waals surface area contributed by atoms with E-state index in [1.54, 1.807) is 24.3 Å². The van der Waals surface area contributed by atoms with Crippen LogP contribution in [0, 0.1) is 5.92 Å². The Labute approximate surface area is 160 Å². The highest BCUT2D eigenvalue weighted by molar-refractivity contribution is 6.06. The van der Waals surface area contributed by atoms with Gasteiger partial charge in [-0.25, -0.2) is 4.79 Å². The molecule has 27 heavy (non-hydrogen) atoms. The largest absolute Gasteiger partial charge is 0.352 e. The molecule has 142 valence electrons. The van der Waals surface area contributed by atoms with Crippen LogP contribution in [-0.4, -0.2) is 18.5 Å². The van der Waals surface area contributed by atoms with Gasteiger partial charge in [0.05, 0.1) is 11.3 Å². The molecule has 2 aromatic rings. The number of hydrogen-bond acceptors (Lipinski definition) is 2. The fraction of sp³-hybridized carbons (Fsp3) is 0.364. The molecule has 3 rings (SSSR count). The lowest BCUT2D eigenvalue weighted by molar-refractivity contribution is 0.0952. The standard InChI is InChI=1S/C22H27N3O2/c1-2-3-6-16-11-13-18(14-12-16)24-22(27)25-20-8-5-4-7-19(20)21(26)23-15-17-9-10-17/h4-5,7-8,11-14,17H,2-3,6,9-10,15H2,1H3,(H,23,26)(H2,24,25,27). The van der Waals surface area contributed by atoms with Gasteiger partial charge in [-0.15, -0.1) is 0 Å². The number of carbonyl (C=O) groups excluding carboxylic acids is 2. The summed E-state index contributed by atoms with van der Waals surface area (Å²) < 4.78 is 0. The lowest BCUT2D eigenvalue weighted by atomic mass is 10.1. The second-order valence-electron chi connectivity index (χ2n) is 7.08. The average Bonchev–Trinajstić information content (AvgIpc) is 3.50. The van der Waals surface area contributed by atoms with Crippen LogP contribution >= 0.6 is 0 Å². The molecular weight excluding hydrogens is 338 g/mol. The minimum Gasteiger partial charge on any atom is -0.352 e. The number of rotatable bonds is 8. The average molecular weight is 365 g/mol. The minimum absolute atomic E-state index is 0.155. The van der Waals surface area contributed by atoms with E-state index in [1.165, 1.54) is 18.4 Å². The highest BCUT2D eigenvalue weighted by Crippen LogP contribution is 2.27. The van der Waals surface area contributed by atoms with Gasteiger partial charge in [-0.05, 0) is 61.4 Å². The van der Waals surface area contributed by atoms with E-state index in [4.69, 9.17) is 0 Å². The Balaban J connectivity index is 1.57. The SMILES string of the molecule is CCCCc1ccc(NC(=O)Nc2ccccc2C(=O)NCC2CC2)cc1. The molecule has 5 nitrogen and oxygen atoms in total. The predicted molar refractivity (Wildman–Crippen MR) is 109 cm³/mol. The summed E-state index contributed by atoms with van der Waals surface area (Å²) >= 11 is 0. The van der Waals surface area contributed by atoms with Crippen molar-refractivity contribution in [3.8, 4) is 0 Å². The van der Waals surface area contributed by atoms with Gasteiger partial charge in [-0.2, -0.15) is 0 Å². The molecule has 0 heterocycles. The number of anilines is 2. The molecule has 3 N–H and O–H groups in total. The maximum Gasteiger partial charge on any atom is 0.323 e. The molecule has 0 aliphatic heterocycles. The first kappa shape index (κ1) is 19.0. The summed E-state index contributed by atoms with van der Waals surface area (Å²) in [6.07, 6.45) is 5.73. The van der Waals surface area contributed by atoms with Gasteiger partial charge in [-0.3, -0.25) is 4.79 Å². The van der Waals surface area contributed by atoms with Crippen molar-refractivity contribution >= 4 is 23.3 Å². The van der Waals surface area contributed by atoms with Crippen LogP contribution in [0.1, 0.15) is 48.5 Å². The number of unbranched alkanes of at least 4 members (excludes halogenated alkanes) is 1. The van der Waals surface area contributed by atoms with Gasteiger partial charge < -0.3 is 16.0 Å². The number of amides is 3. The second kappa shape index (κ2) is 9.21. The molecule has 0 radical (unpaired) electrons. The van der Waals surface area contributed by atoms with E-state index < -0.39 is 0 Å². The molecule has 0 atom stereocenters. The summed E-state index contributed by atoms with van der Waals surface area (Å²) in [6.45, 7) is 2.87. The molecule has 1 fully saturated rings. The Kier molecular flexibility index (Phi) is 6.47. The zero-order valence-electron chi connectivity index (χ0n) is 15.8. The van der Waals surface area contributed by atoms with Gasteiger partial charge in [-0.1, -0.05) is 37.6 Å². The van der Waals surface area contributed by atoms with E-state index in [-0.39, 0.29) is 11.9 Å². The first-order valence-electron chi connectivity index (χ1n) is 9.70. The van der Waals surface area contributed by atoms with Gasteiger partial charge >= 0.3 is 6.03 Å². The van der Waals surface area contributed by atoms with Crippen molar-refractivity contribution in [3.05, 3.63) is 59.7 Å². The number of urea groups is 1. The van der Waals surface area contributed by atoms with Crippen molar-refractivity contribution in [2.45, 2.75) is 39.0 Å². The van der Waals surface area contributed by atoms with Crippen molar-refractivity contribution in [1.82, 2.24) is 5.32 Å². The van der Waals surface area contributed by atoms with Crippen LogP contribution in [0.4, 0.5) is 16.2 Å². The Hall–Kier alpha value is -2.82. The zero-order valence-corrected chi connectivity index (χ0v) is 15.8. The van der Waals surface area contributed by atoms with Gasteiger partial charge in [0.2, 0.25) is 0 Å². The highest BCUT2D eigenvalue weighted by Gasteiger charge is 2.22. The topological polar surface area (TPSA) is 70.2 Å². The summed E-state index contributed by atoms with van der Waals surface area (Å²) in [5.41, 5.74) is 2.97. The number of benzene rings is 2. The summed E-state index contributed by atoms with van der Waals surface area (Å²) in [7, 11) is 0. The minimum atomic E-state index is -0.362. The van der Waals surface area contributed by atoms with Gasteiger partial charge in [0.1, 0.15) is 0 Å². The Morgan fingerprint density at radius 1 is 1.00 bits per heavy atom. The molecule has 0 unspecified atom stereocenters. The highest BCUT2D eigenvalue weighted by atomic mass is 16.2. The number of aryl methyl sites for hydroxylation is 1. The molecule has 2 aromatic carbocycles. The van der Waals surface area contributed by atoms with Crippen LogP contribution in [0.2, 0.25) is 0 Å². The van der Waals surface area contributed by atoms with Crippen LogP contribution in [-0.2, 0) is 6.42 Å². The first-order valence-corrected chi connectivity index (χ1v) is 9.70. The molecule has 3 amide bonds. The predicted octanol–water partition coefficient (Wildman–Crippen LogP) is 4.81. The maximum absolute atomic E-state index is 12.4. The monoisotopic (exact) mass is 365 g/mol. The van der Waals surface area contributed by atoms with E-state index >= 15 is 0 Å². The van der Waals surface area contributed by atoms with E-state index in [2.05, 4.69) is 22.9 Å². The van der Waals surface area contributed by atoms with E-state index in [0.29, 0.717) is 23.7 Å². The third kappa shape index (κ3) is 5.84. The smallest absolute Gasteiger partial charge is 0.323 e. The number of carbonyl (C=O) groups is 2. The van der Waals surface area contributed by atoms with E-state index in [1.807, 2.05) is 24.3 Å². The van der Waals surface area contributed by atoms with Crippen LogP contribution in [0.15, 0.2) is 48.5 Å². The summed E-state index contributed by atoms with van der Waals surface area (Å²) in [4.78, 5) is 24.7. The summed E-state index contributed by atoms with van der Waals surface area (Å²) in [5, 5.41) is 8.54. The fourth-order valence-electron chi connectivity index (χ4n) is 2.86. The lowest BCUT2D eigenvalue weighted by Gasteiger charge is -2.12. The third-order valence-electron chi connectivity index (χ3n) is 4.70. The van der Waals surface area contributed by atoms with Crippen molar-refractivity contribution in [1.29, 1.82) is 0 Å². The lowest BCUT2D eigenvalue weighted by Crippen LogP contribution is -2.27. The molecule has 1 saturated carbocycles. The molecule has 1 aliphatic rings. The quantitative estimate of drug-likeness (QED) is 0.628. The Morgan fingerprint density at radius 3 is 2.44 bits per heavy atom. The number of nitrogens with one attached hydrogen (secondary N) is 3. The zero-order chi connectivity index (χ0) is 19.1. The molecule has 0 bridgehead atoms. The molecule has 5 heteroatoms. The van der Waals surface area contributed by atoms with Crippen molar-refractivity contribution in [2.24, 2.45) is 5.92 Å². The van der Waals surface area contributed by atoms with Crippen molar-refractivity contribution < 1.29 is 9.59 Å². The van der Waals surface area contributed by atoms with E-state index in [9.17, 15) is 9.59 Å². The maximum atomic E-state index is 12.4. The van der Waals surface area contributed by atoms with Crippen molar-refractivity contribution in [2.75, 3.05) is 17.2 Å². The van der Waals surface area contributed by atoms with E-state index in [0.717, 1.165) is 24.9 Å². The fourth-order valence-corrected chi connectivity index (χ4v) is 2.86. The Bertz CT molecular complexity index is 782. The molecule has 0 spiro atoms. The van der Waals surface area contributed by atoms with Crippen LogP contribution in [0.25, 0.3) is 0 Å². The Morgan fingerprint density at radius 2 is 1.74 bits per heavy atom. The van der Waals surface area contributed by atoms with Crippen LogP contribution in [0.5, 0.6) is 0 Å². The first-order chi connectivity index (χ1) is 13.2. The molecule has 0 saturated heterocycles. The van der Waals surface area contributed by atoms with Gasteiger partial charge in [0, 0.05) is 12.2 Å². The van der Waals surface area contributed by atoms with Crippen molar-refractivity contribution in [3.63, 3.8) is 0 Å². The number of para-hydroxylation sites is 1. The molecular formula is C22H27N3O2. The second-order valence-corrected chi connectivity index (χ2v) is 7.08. The molecule has 0 aromatic heterocycles. The summed E-state index contributed by atoms with van der Waals surface area (Å²) in [5.74, 6) is 0.454. The molecule has 1 aliphatic carbocycles. The van der Waals surface area contributed by atoms with Gasteiger partial charge in [0.25, 0.3) is 5.91 Å². The van der Waals surface area contributed by atoms with Crippen LogP contribution in [0.3, 0.4) is 0 Å². The number of hydrogen-bond donors (Lipinski definition) is 3. The summed E-state index contributed by atoms with van der Waals surface area (Å²) in [6, 6.07) is 14.6.